The molecule has 0 spiro atoms. The van der Waals surface area contributed by atoms with Gasteiger partial charge in [0.15, 0.2) is 0 Å². The molecular weight excluding hydrogens is 327 g/mol. The Bertz CT molecular complexity index is 680. The van der Waals surface area contributed by atoms with E-state index in [1.165, 1.54) is 12.3 Å². The zero-order valence-corrected chi connectivity index (χ0v) is 13.5. The number of hydrogen-bond donors (Lipinski definition) is 1. The molecule has 126 valence electrons. The van der Waals surface area contributed by atoms with Gasteiger partial charge in [-0.15, -0.1) is 12.4 Å². The van der Waals surface area contributed by atoms with E-state index in [2.05, 4.69) is 16.8 Å². The Morgan fingerprint density at radius 1 is 1.22 bits per heavy atom. The number of nitrogens with zero attached hydrogens (tertiary/aromatic N) is 2. The fourth-order valence-corrected chi connectivity index (χ4v) is 3.26. The third-order valence-corrected chi connectivity index (χ3v) is 4.08. The van der Waals surface area contributed by atoms with Crippen LogP contribution in [-0.2, 0) is 6.18 Å². The second kappa shape index (κ2) is 6.53. The Labute approximate surface area is 139 Å². The molecule has 1 aromatic heterocycles. The summed E-state index contributed by atoms with van der Waals surface area (Å²) in [5.74, 6) is 0.415. The molecule has 1 aromatic carbocycles. The van der Waals surface area contributed by atoms with Crippen LogP contribution in [0.5, 0.6) is 0 Å². The number of hydrogen-bond acceptors (Lipinski definition) is 3. The van der Waals surface area contributed by atoms with E-state index in [1.807, 2.05) is 0 Å². The monoisotopic (exact) mass is 345 g/mol. The van der Waals surface area contributed by atoms with Crippen molar-refractivity contribution in [3.8, 4) is 0 Å². The van der Waals surface area contributed by atoms with E-state index in [0.717, 1.165) is 24.7 Å². The van der Waals surface area contributed by atoms with E-state index in [4.69, 9.17) is 5.73 Å². The molecule has 0 radical (unpaired) electrons. The summed E-state index contributed by atoms with van der Waals surface area (Å²) in [6.07, 6.45) is -2.07. The van der Waals surface area contributed by atoms with Crippen molar-refractivity contribution in [1.82, 2.24) is 4.98 Å². The Morgan fingerprint density at radius 2 is 1.96 bits per heavy atom. The molecular formula is C16H19ClF3N3. The average molecular weight is 346 g/mol. The van der Waals surface area contributed by atoms with Gasteiger partial charge in [-0.3, -0.25) is 4.98 Å². The average Bonchev–Trinajstić information content (AvgIpc) is 2.44. The summed E-state index contributed by atoms with van der Waals surface area (Å²) in [5, 5.41) is 0.527. The first-order valence-corrected chi connectivity index (χ1v) is 7.31. The maximum absolute atomic E-state index is 13.1. The third-order valence-electron chi connectivity index (χ3n) is 4.08. The number of benzene rings is 1. The van der Waals surface area contributed by atoms with E-state index in [1.54, 1.807) is 12.1 Å². The van der Waals surface area contributed by atoms with Crippen molar-refractivity contribution in [2.24, 2.45) is 11.7 Å². The van der Waals surface area contributed by atoms with Gasteiger partial charge in [0.1, 0.15) is 0 Å². The van der Waals surface area contributed by atoms with Gasteiger partial charge >= 0.3 is 6.18 Å². The van der Waals surface area contributed by atoms with Gasteiger partial charge in [0.25, 0.3) is 0 Å². The van der Waals surface area contributed by atoms with Gasteiger partial charge in [-0.2, -0.15) is 13.2 Å². The molecule has 0 aliphatic carbocycles. The van der Waals surface area contributed by atoms with Gasteiger partial charge in [0.05, 0.1) is 11.1 Å². The lowest BCUT2D eigenvalue weighted by Crippen LogP contribution is -2.46. The van der Waals surface area contributed by atoms with Crippen LogP contribution >= 0.6 is 12.4 Å². The Hall–Kier alpha value is -1.53. The second-order valence-corrected chi connectivity index (χ2v) is 6.04. The van der Waals surface area contributed by atoms with E-state index in [9.17, 15) is 13.2 Å². The van der Waals surface area contributed by atoms with Crippen molar-refractivity contribution in [3.05, 3.63) is 36.0 Å². The summed E-state index contributed by atoms with van der Waals surface area (Å²) >= 11 is 0. The Morgan fingerprint density at radius 3 is 2.61 bits per heavy atom. The van der Waals surface area contributed by atoms with Gasteiger partial charge in [-0.25, -0.2) is 0 Å². The first kappa shape index (κ1) is 17.8. The molecule has 0 unspecified atom stereocenters. The molecule has 1 fully saturated rings. The summed E-state index contributed by atoms with van der Waals surface area (Å²) in [7, 11) is 0. The van der Waals surface area contributed by atoms with Crippen molar-refractivity contribution in [2.75, 3.05) is 18.0 Å². The maximum Gasteiger partial charge on any atom is 0.418 e. The standard InChI is InChI=1S/C16H18F3N3.ClH/c1-10-7-11(20)9-22(8-10)14-5-4-13(16(17,18)19)15-12(14)3-2-6-21-15;/h2-6,10-11H,7-9,20H2,1H3;1H/t10-,11+;/m0./s1. The Balaban J connectivity index is 0.00000192. The molecule has 3 rings (SSSR count). The molecule has 1 aliphatic rings. The highest BCUT2D eigenvalue weighted by Gasteiger charge is 2.34. The highest BCUT2D eigenvalue weighted by molar-refractivity contribution is 5.94. The van der Waals surface area contributed by atoms with Gasteiger partial charge in [0, 0.05) is 36.4 Å². The summed E-state index contributed by atoms with van der Waals surface area (Å²) in [6.45, 7) is 3.55. The largest absolute Gasteiger partial charge is 0.418 e. The van der Waals surface area contributed by atoms with E-state index >= 15 is 0 Å². The fourth-order valence-electron chi connectivity index (χ4n) is 3.26. The zero-order valence-electron chi connectivity index (χ0n) is 12.7. The molecule has 2 atom stereocenters. The number of fused-ring (bicyclic) bond motifs is 1. The predicted octanol–water partition coefficient (Wildman–Crippen LogP) is 3.85. The van der Waals surface area contributed by atoms with Gasteiger partial charge < -0.3 is 10.6 Å². The Kier molecular flexibility index (Phi) is 5.06. The molecule has 0 saturated carbocycles. The van der Waals surface area contributed by atoms with Crippen LogP contribution in [0.3, 0.4) is 0 Å². The summed E-state index contributed by atoms with van der Waals surface area (Å²) in [5.41, 5.74) is 6.14. The topological polar surface area (TPSA) is 42.1 Å². The predicted molar refractivity (Wildman–Crippen MR) is 88.0 cm³/mol. The number of alkyl halides is 3. The highest BCUT2D eigenvalue weighted by atomic mass is 35.5. The molecule has 1 saturated heterocycles. The number of rotatable bonds is 1. The highest BCUT2D eigenvalue weighted by Crippen LogP contribution is 2.38. The first-order chi connectivity index (χ1) is 10.4. The van der Waals surface area contributed by atoms with E-state index in [-0.39, 0.29) is 24.0 Å². The van der Waals surface area contributed by atoms with Crippen LogP contribution in [0.2, 0.25) is 0 Å². The summed E-state index contributed by atoms with van der Waals surface area (Å²) in [6, 6.07) is 6.06. The van der Waals surface area contributed by atoms with Crippen molar-refractivity contribution in [1.29, 1.82) is 0 Å². The second-order valence-electron chi connectivity index (χ2n) is 6.04. The molecule has 3 nitrogen and oxygen atoms in total. The number of halogens is 4. The fraction of sp³-hybridized carbons (Fsp3) is 0.438. The van der Waals surface area contributed by atoms with Crippen LogP contribution in [-0.4, -0.2) is 24.1 Å². The number of anilines is 1. The molecule has 0 bridgehead atoms. The zero-order chi connectivity index (χ0) is 15.9. The molecule has 2 N–H and O–H groups in total. The van der Waals surface area contributed by atoms with E-state index < -0.39 is 11.7 Å². The number of pyridine rings is 1. The maximum atomic E-state index is 13.1. The molecule has 0 amide bonds. The third kappa shape index (κ3) is 3.53. The number of aromatic nitrogens is 1. The number of piperidine rings is 1. The molecule has 1 aliphatic heterocycles. The quantitative estimate of drug-likeness (QED) is 0.853. The minimum Gasteiger partial charge on any atom is -0.369 e. The van der Waals surface area contributed by atoms with Crippen LogP contribution in [0.4, 0.5) is 18.9 Å². The lowest BCUT2D eigenvalue weighted by atomic mass is 9.95. The van der Waals surface area contributed by atoms with Crippen LogP contribution in [0.15, 0.2) is 30.5 Å². The van der Waals surface area contributed by atoms with Gasteiger partial charge in [0.2, 0.25) is 0 Å². The molecule has 2 aromatic rings. The van der Waals surface area contributed by atoms with Crippen LogP contribution in [0, 0.1) is 5.92 Å². The van der Waals surface area contributed by atoms with Crippen LogP contribution in [0.25, 0.3) is 10.9 Å². The minimum absolute atomic E-state index is 0. The molecule has 7 heteroatoms. The van der Waals surface area contributed by atoms with Crippen molar-refractivity contribution in [2.45, 2.75) is 25.6 Å². The lowest BCUT2D eigenvalue weighted by Gasteiger charge is -2.37. The normalized spacial score (nSPS) is 22.0. The number of nitrogens with two attached hydrogens (primary N) is 1. The van der Waals surface area contributed by atoms with Crippen LogP contribution in [0.1, 0.15) is 18.9 Å². The van der Waals surface area contributed by atoms with Gasteiger partial charge in [-0.1, -0.05) is 6.92 Å². The first-order valence-electron chi connectivity index (χ1n) is 7.31. The minimum atomic E-state index is -4.41. The molecule has 23 heavy (non-hydrogen) atoms. The summed E-state index contributed by atoms with van der Waals surface area (Å²) in [4.78, 5) is 6.04. The lowest BCUT2D eigenvalue weighted by molar-refractivity contribution is -0.136. The molecule has 2 heterocycles. The van der Waals surface area contributed by atoms with Crippen molar-refractivity contribution < 1.29 is 13.2 Å². The smallest absolute Gasteiger partial charge is 0.369 e. The van der Waals surface area contributed by atoms with Crippen LogP contribution < -0.4 is 10.6 Å². The SMILES string of the molecule is C[C@H]1C[C@@H](N)CN(c2ccc(C(F)(F)F)c3ncccc23)C1.Cl. The summed E-state index contributed by atoms with van der Waals surface area (Å²) < 4.78 is 39.4. The van der Waals surface area contributed by atoms with Crippen molar-refractivity contribution >= 4 is 29.0 Å². The van der Waals surface area contributed by atoms with Gasteiger partial charge in [-0.05, 0) is 36.6 Å². The van der Waals surface area contributed by atoms with Crippen molar-refractivity contribution in [3.63, 3.8) is 0 Å². The van der Waals surface area contributed by atoms with E-state index in [0.29, 0.717) is 17.8 Å².